The molecular weight excluding hydrogens is 184 g/mol. The van der Waals surface area contributed by atoms with Crippen LogP contribution in [0.5, 0.6) is 0 Å². The molecule has 0 amide bonds. The minimum absolute atomic E-state index is 0.156. The summed E-state index contributed by atoms with van der Waals surface area (Å²) in [6, 6.07) is 5.03. The van der Waals surface area contributed by atoms with Crippen LogP contribution in [0.15, 0.2) is 18.2 Å². The number of nitrogens with two attached hydrogens (primary N) is 1. The van der Waals surface area contributed by atoms with Crippen LogP contribution in [0, 0.1) is 0 Å². The number of nitrogens with one attached hydrogen (secondary N) is 1. The first kappa shape index (κ1) is 10.5. The van der Waals surface area contributed by atoms with Gasteiger partial charge in [-0.15, -0.1) is 0 Å². The quantitative estimate of drug-likeness (QED) is 0.404. The molecule has 0 aliphatic carbocycles. The summed E-state index contributed by atoms with van der Waals surface area (Å²) in [5, 5.41) is 17.6. The number of anilines is 1. The van der Waals surface area contributed by atoms with Gasteiger partial charge in [-0.05, 0) is 17.2 Å². The Morgan fingerprint density at radius 2 is 2.21 bits per heavy atom. The Morgan fingerprint density at radius 1 is 1.50 bits per heavy atom. The van der Waals surface area contributed by atoms with Crippen molar-refractivity contribution in [3.63, 3.8) is 0 Å². The number of rotatable bonds is 4. The van der Waals surface area contributed by atoms with E-state index in [1.807, 2.05) is 0 Å². The van der Waals surface area contributed by atoms with Gasteiger partial charge in [0.15, 0.2) is 0 Å². The number of carboxylic acid groups (broad SMARTS) is 1. The number of hydrogen-bond donors (Lipinski definition) is 4. The molecule has 14 heavy (non-hydrogen) atoms. The lowest BCUT2D eigenvalue weighted by molar-refractivity contribution is -0.136. The van der Waals surface area contributed by atoms with Crippen LogP contribution in [0.25, 0.3) is 0 Å². The van der Waals surface area contributed by atoms with Gasteiger partial charge >= 0.3 is 5.97 Å². The Bertz CT molecular complexity index is 317. The molecule has 0 bridgehead atoms. The van der Waals surface area contributed by atoms with Gasteiger partial charge in [0.1, 0.15) is 0 Å². The van der Waals surface area contributed by atoms with E-state index in [1.165, 1.54) is 0 Å². The third-order valence-corrected chi connectivity index (χ3v) is 1.93. The fourth-order valence-electron chi connectivity index (χ4n) is 1.28. The van der Waals surface area contributed by atoms with E-state index in [4.69, 9.17) is 16.1 Å². The van der Waals surface area contributed by atoms with Gasteiger partial charge in [-0.2, -0.15) is 0 Å². The summed E-state index contributed by atoms with van der Waals surface area (Å²) < 4.78 is 0. The lowest BCUT2D eigenvalue weighted by Crippen LogP contribution is -2.13. The van der Waals surface area contributed by atoms with E-state index in [1.54, 1.807) is 18.2 Å². The molecule has 0 radical (unpaired) electrons. The number of hydrazine groups is 1. The van der Waals surface area contributed by atoms with Gasteiger partial charge in [-0.3, -0.25) is 10.6 Å². The molecule has 0 heterocycles. The number of nitrogen functional groups attached to an aromatic ring is 1. The lowest BCUT2D eigenvalue weighted by Gasteiger charge is -2.10. The van der Waals surface area contributed by atoms with Crippen molar-refractivity contribution in [3.8, 4) is 0 Å². The highest BCUT2D eigenvalue weighted by Gasteiger charge is 2.10. The third kappa shape index (κ3) is 2.21. The maximum absolute atomic E-state index is 10.6. The Kier molecular flexibility index (Phi) is 3.44. The molecule has 0 fully saturated rings. The van der Waals surface area contributed by atoms with E-state index < -0.39 is 5.97 Å². The maximum atomic E-state index is 10.6. The highest BCUT2D eigenvalue weighted by atomic mass is 16.4. The molecule has 1 aromatic carbocycles. The van der Waals surface area contributed by atoms with Gasteiger partial charge in [0.25, 0.3) is 0 Å². The summed E-state index contributed by atoms with van der Waals surface area (Å²) in [7, 11) is 0. The summed E-state index contributed by atoms with van der Waals surface area (Å²) in [5.41, 5.74) is 4.02. The van der Waals surface area contributed by atoms with Crippen molar-refractivity contribution in [2.45, 2.75) is 13.0 Å². The fraction of sp³-hybridized carbons (Fsp3) is 0.222. The number of aliphatic carboxylic acids is 1. The first-order valence-corrected chi connectivity index (χ1v) is 4.09. The van der Waals surface area contributed by atoms with Crippen molar-refractivity contribution in [3.05, 3.63) is 29.3 Å². The summed E-state index contributed by atoms with van der Waals surface area (Å²) in [6.45, 7) is -0.196. The van der Waals surface area contributed by atoms with Crippen LogP contribution < -0.4 is 11.3 Å². The van der Waals surface area contributed by atoms with Gasteiger partial charge in [-0.25, -0.2) is 0 Å². The van der Waals surface area contributed by atoms with Crippen molar-refractivity contribution in [1.29, 1.82) is 0 Å². The minimum atomic E-state index is -0.956. The number of carboxylic acids is 1. The van der Waals surface area contributed by atoms with Gasteiger partial charge in [0.05, 0.1) is 18.7 Å². The molecule has 76 valence electrons. The second-order valence-electron chi connectivity index (χ2n) is 2.82. The summed E-state index contributed by atoms with van der Waals surface area (Å²) in [4.78, 5) is 10.6. The molecule has 0 atom stereocenters. The van der Waals surface area contributed by atoms with Crippen molar-refractivity contribution < 1.29 is 15.0 Å². The van der Waals surface area contributed by atoms with Gasteiger partial charge < -0.3 is 15.6 Å². The van der Waals surface area contributed by atoms with Crippen LogP contribution in [-0.2, 0) is 17.8 Å². The highest BCUT2D eigenvalue weighted by molar-refractivity contribution is 5.74. The number of hydrogen-bond acceptors (Lipinski definition) is 4. The molecule has 0 aliphatic rings. The molecule has 0 aliphatic heterocycles. The number of benzene rings is 1. The van der Waals surface area contributed by atoms with Gasteiger partial charge in [0.2, 0.25) is 0 Å². The maximum Gasteiger partial charge on any atom is 0.307 e. The normalized spacial score (nSPS) is 9.86. The molecule has 0 saturated heterocycles. The van der Waals surface area contributed by atoms with Crippen LogP contribution >= 0.6 is 0 Å². The van der Waals surface area contributed by atoms with E-state index in [2.05, 4.69) is 5.43 Å². The monoisotopic (exact) mass is 196 g/mol. The lowest BCUT2D eigenvalue weighted by atomic mass is 10.0. The topological polar surface area (TPSA) is 95.6 Å². The van der Waals surface area contributed by atoms with E-state index in [0.717, 1.165) is 0 Å². The highest BCUT2D eigenvalue weighted by Crippen LogP contribution is 2.19. The predicted octanol–water partition coefficient (Wildman–Crippen LogP) is 0.0916. The number of aliphatic hydroxyl groups excluding tert-OH is 1. The number of aliphatic hydroxyl groups is 1. The first-order valence-electron chi connectivity index (χ1n) is 4.09. The molecule has 1 aromatic rings. The molecule has 0 saturated carbocycles. The Labute approximate surface area is 81.1 Å². The Balaban J connectivity index is 3.12. The molecule has 5 nitrogen and oxygen atoms in total. The fourth-order valence-corrected chi connectivity index (χ4v) is 1.28. The Hall–Kier alpha value is -1.59. The molecule has 1 rings (SSSR count). The average Bonchev–Trinajstić information content (AvgIpc) is 2.17. The van der Waals surface area contributed by atoms with Crippen molar-refractivity contribution in [2.75, 3.05) is 5.43 Å². The second kappa shape index (κ2) is 4.59. The summed E-state index contributed by atoms with van der Waals surface area (Å²) in [5.74, 6) is 4.27. The molecule has 0 spiro atoms. The number of carbonyl (C=O) groups is 1. The van der Waals surface area contributed by atoms with Crippen molar-refractivity contribution >= 4 is 11.7 Å². The zero-order valence-electron chi connectivity index (χ0n) is 7.53. The Morgan fingerprint density at radius 3 is 2.71 bits per heavy atom. The zero-order valence-corrected chi connectivity index (χ0v) is 7.53. The van der Waals surface area contributed by atoms with Gasteiger partial charge in [-0.1, -0.05) is 12.1 Å². The molecule has 0 aromatic heterocycles. The summed E-state index contributed by atoms with van der Waals surface area (Å²) >= 11 is 0. The zero-order chi connectivity index (χ0) is 10.6. The van der Waals surface area contributed by atoms with E-state index in [-0.39, 0.29) is 13.0 Å². The van der Waals surface area contributed by atoms with E-state index in [0.29, 0.717) is 16.8 Å². The van der Waals surface area contributed by atoms with E-state index in [9.17, 15) is 4.79 Å². The van der Waals surface area contributed by atoms with Crippen LogP contribution in [-0.4, -0.2) is 16.2 Å². The minimum Gasteiger partial charge on any atom is -0.481 e. The molecule has 5 heteroatoms. The largest absolute Gasteiger partial charge is 0.481 e. The summed E-state index contributed by atoms with van der Waals surface area (Å²) in [6.07, 6.45) is -0.156. The standard InChI is InChI=1S/C9H12N2O3/c10-11-8-3-1-2-6(5-12)7(8)4-9(13)14/h1-3,11-12H,4-5,10H2,(H,13,14). The third-order valence-electron chi connectivity index (χ3n) is 1.93. The van der Waals surface area contributed by atoms with E-state index >= 15 is 0 Å². The molecule has 0 unspecified atom stereocenters. The van der Waals surface area contributed by atoms with Gasteiger partial charge in [0, 0.05) is 0 Å². The molecular formula is C9H12N2O3. The first-order chi connectivity index (χ1) is 6.69. The SMILES string of the molecule is NNc1cccc(CO)c1CC(=O)O. The van der Waals surface area contributed by atoms with Crippen molar-refractivity contribution in [1.82, 2.24) is 0 Å². The van der Waals surface area contributed by atoms with Crippen LogP contribution in [0.3, 0.4) is 0 Å². The van der Waals surface area contributed by atoms with Crippen LogP contribution in [0.4, 0.5) is 5.69 Å². The second-order valence-corrected chi connectivity index (χ2v) is 2.82. The van der Waals surface area contributed by atoms with Crippen molar-refractivity contribution in [2.24, 2.45) is 5.84 Å². The average molecular weight is 196 g/mol. The van der Waals surface area contributed by atoms with Crippen LogP contribution in [0.2, 0.25) is 0 Å². The van der Waals surface area contributed by atoms with Crippen LogP contribution in [0.1, 0.15) is 11.1 Å². The smallest absolute Gasteiger partial charge is 0.307 e. The molecule has 5 N–H and O–H groups in total. The predicted molar refractivity (Wildman–Crippen MR) is 51.5 cm³/mol.